The maximum Gasteiger partial charge on any atom is 0.407 e. The number of carboxylic acid groups (broad SMARTS) is 1. The van der Waals surface area contributed by atoms with Crippen molar-refractivity contribution in [1.82, 2.24) is 10.6 Å². The summed E-state index contributed by atoms with van der Waals surface area (Å²) in [6, 6.07) is 15.4. The summed E-state index contributed by atoms with van der Waals surface area (Å²) in [5, 5.41) is 14.9. The second-order valence-corrected chi connectivity index (χ2v) is 9.94. The summed E-state index contributed by atoms with van der Waals surface area (Å²) in [7, 11) is 0. The molecule has 2 amide bonds. The first kappa shape index (κ1) is 23.8. The van der Waals surface area contributed by atoms with Crippen molar-refractivity contribution in [2.45, 2.75) is 57.5 Å². The Morgan fingerprint density at radius 3 is 2.09 bits per heavy atom. The van der Waals surface area contributed by atoms with Crippen LogP contribution in [0.3, 0.4) is 0 Å². The monoisotopic (exact) mass is 464 g/mol. The van der Waals surface area contributed by atoms with Gasteiger partial charge in [-0.25, -0.2) is 4.79 Å². The number of nitrogens with one attached hydrogen (secondary N) is 2. The number of hydrogen-bond donors (Lipinski definition) is 3. The number of carbonyl (C=O) groups excluding carboxylic acids is 2. The number of amides is 2. The van der Waals surface area contributed by atoms with Crippen LogP contribution in [0.25, 0.3) is 11.1 Å². The maximum absolute atomic E-state index is 13.1. The van der Waals surface area contributed by atoms with Gasteiger partial charge in [-0.15, -0.1) is 0 Å². The van der Waals surface area contributed by atoms with E-state index in [9.17, 15) is 19.5 Å². The van der Waals surface area contributed by atoms with Crippen molar-refractivity contribution in [3.8, 4) is 11.1 Å². The molecule has 0 saturated heterocycles. The second kappa shape index (κ2) is 9.49. The Morgan fingerprint density at radius 2 is 1.59 bits per heavy atom. The predicted molar refractivity (Wildman–Crippen MR) is 128 cm³/mol. The minimum atomic E-state index is -0.958. The number of alkyl carbamates (subject to hydrolysis) is 1. The molecule has 0 radical (unpaired) electrons. The fraction of sp³-hybridized carbons (Fsp3) is 0.444. The van der Waals surface area contributed by atoms with Gasteiger partial charge in [-0.05, 0) is 53.9 Å². The van der Waals surface area contributed by atoms with E-state index in [4.69, 9.17) is 4.74 Å². The number of carbonyl (C=O) groups is 3. The summed E-state index contributed by atoms with van der Waals surface area (Å²) < 4.78 is 5.60. The molecule has 0 bridgehead atoms. The highest BCUT2D eigenvalue weighted by atomic mass is 16.5. The standard InChI is InChI=1S/C27H32N2O5/c1-16(2)24(25(32)29-27(3,14-23(30)31)17-12-13-17)28-26(33)34-15-22-20-10-6-4-8-18(20)19-9-5-7-11-21(19)22/h4-11,16-17,22,24H,12-15H2,1-3H3,(H,28,33)(H,29,32)(H,30,31)/t24-,27?/m1/s1. The molecule has 0 heterocycles. The first-order valence-corrected chi connectivity index (χ1v) is 11.8. The van der Waals surface area contributed by atoms with Crippen LogP contribution in [-0.2, 0) is 14.3 Å². The fourth-order valence-corrected chi connectivity index (χ4v) is 4.99. The van der Waals surface area contributed by atoms with Crippen molar-refractivity contribution in [2.24, 2.45) is 11.8 Å². The highest BCUT2D eigenvalue weighted by molar-refractivity contribution is 5.87. The first-order chi connectivity index (χ1) is 16.2. The van der Waals surface area contributed by atoms with E-state index < -0.39 is 23.6 Å². The summed E-state index contributed by atoms with van der Waals surface area (Å²) in [6.07, 6.45) is 0.952. The van der Waals surface area contributed by atoms with E-state index in [0.29, 0.717) is 0 Å². The van der Waals surface area contributed by atoms with Crippen molar-refractivity contribution in [2.75, 3.05) is 6.61 Å². The summed E-state index contributed by atoms with van der Waals surface area (Å²) in [4.78, 5) is 37.1. The molecule has 2 aromatic rings. The van der Waals surface area contributed by atoms with E-state index in [1.165, 1.54) is 0 Å². The summed E-state index contributed by atoms with van der Waals surface area (Å²) in [5.74, 6) is -1.48. The Labute approximate surface area is 199 Å². The molecule has 34 heavy (non-hydrogen) atoms. The van der Waals surface area contributed by atoms with Gasteiger partial charge < -0.3 is 20.5 Å². The van der Waals surface area contributed by atoms with Crippen LogP contribution in [0.1, 0.15) is 57.1 Å². The molecule has 0 spiro atoms. The molecule has 7 heteroatoms. The number of carboxylic acids is 1. The minimum absolute atomic E-state index is 0.0711. The lowest BCUT2D eigenvalue weighted by atomic mass is 9.90. The van der Waals surface area contributed by atoms with Gasteiger partial charge >= 0.3 is 12.1 Å². The molecular weight excluding hydrogens is 432 g/mol. The molecule has 1 unspecified atom stereocenters. The normalized spacial score (nSPS) is 17.3. The maximum atomic E-state index is 13.1. The van der Waals surface area contributed by atoms with Crippen LogP contribution in [0.4, 0.5) is 4.79 Å². The lowest BCUT2D eigenvalue weighted by Gasteiger charge is -2.32. The molecule has 2 aliphatic rings. The number of rotatable bonds is 9. The van der Waals surface area contributed by atoms with Crippen LogP contribution < -0.4 is 10.6 Å². The van der Waals surface area contributed by atoms with Crippen molar-refractivity contribution >= 4 is 18.0 Å². The summed E-state index contributed by atoms with van der Waals surface area (Å²) >= 11 is 0. The highest BCUT2D eigenvalue weighted by Crippen LogP contribution is 2.44. The van der Waals surface area contributed by atoms with E-state index in [-0.39, 0.29) is 36.7 Å². The Kier molecular flexibility index (Phi) is 6.64. The molecule has 2 atom stereocenters. The van der Waals surface area contributed by atoms with Crippen molar-refractivity contribution in [3.05, 3.63) is 59.7 Å². The molecule has 1 saturated carbocycles. The average Bonchev–Trinajstić information content (AvgIpc) is 3.59. The van der Waals surface area contributed by atoms with Gasteiger partial charge in [0, 0.05) is 5.92 Å². The largest absolute Gasteiger partial charge is 0.481 e. The molecule has 3 N–H and O–H groups in total. The smallest absolute Gasteiger partial charge is 0.407 e. The predicted octanol–water partition coefficient (Wildman–Crippen LogP) is 4.31. The van der Waals surface area contributed by atoms with Gasteiger partial charge in [0.2, 0.25) is 5.91 Å². The third kappa shape index (κ3) is 4.93. The molecule has 4 rings (SSSR count). The Balaban J connectivity index is 1.41. The lowest BCUT2D eigenvalue weighted by Crippen LogP contribution is -2.57. The first-order valence-electron chi connectivity index (χ1n) is 11.8. The summed E-state index contributed by atoms with van der Waals surface area (Å²) in [5.41, 5.74) is 3.68. The van der Waals surface area contributed by atoms with Crippen molar-refractivity contribution in [3.63, 3.8) is 0 Å². The van der Waals surface area contributed by atoms with Crippen LogP contribution >= 0.6 is 0 Å². The van der Waals surface area contributed by atoms with Gasteiger partial charge in [-0.3, -0.25) is 9.59 Å². The van der Waals surface area contributed by atoms with Crippen LogP contribution in [0.2, 0.25) is 0 Å². The quantitative estimate of drug-likeness (QED) is 0.513. The van der Waals surface area contributed by atoms with E-state index >= 15 is 0 Å². The van der Waals surface area contributed by atoms with E-state index in [1.54, 1.807) is 6.92 Å². The Morgan fingerprint density at radius 1 is 1.03 bits per heavy atom. The van der Waals surface area contributed by atoms with E-state index in [0.717, 1.165) is 35.1 Å². The van der Waals surface area contributed by atoms with Gasteiger partial charge in [0.1, 0.15) is 12.6 Å². The van der Waals surface area contributed by atoms with Crippen molar-refractivity contribution < 1.29 is 24.2 Å². The zero-order chi connectivity index (χ0) is 24.5. The van der Waals surface area contributed by atoms with E-state index in [1.807, 2.05) is 50.2 Å². The molecule has 0 aromatic heterocycles. The molecule has 1 fully saturated rings. The SMILES string of the molecule is CC(C)[C@@H](NC(=O)OCC1c2ccccc2-c2ccccc21)C(=O)NC(C)(CC(=O)O)C1CC1. The third-order valence-corrected chi connectivity index (χ3v) is 6.97. The molecule has 2 aromatic carbocycles. The number of hydrogen-bond acceptors (Lipinski definition) is 4. The average molecular weight is 465 g/mol. The molecule has 0 aliphatic heterocycles. The van der Waals surface area contributed by atoms with E-state index in [2.05, 4.69) is 22.8 Å². The Hall–Kier alpha value is -3.35. The van der Waals surface area contributed by atoms with Gasteiger partial charge in [0.25, 0.3) is 0 Å². The van der Waals surface area contributed by atoms with Crippen LogP contribution in [0.15, 0.2) is 48.5 Å². The molecule has 7 nitrogen and oxygen atoms in total. The minimum Gasteiger partial charge on any atom is -0.481 e. The Bertz CT molecular complexity index is 1050. The number of ether oxygens (including phenoxy) is 1. The third-order valence-electron chi connectivity index (χ3n) is 6.97. The van der Waals surface area contributed by atoms with Crippen molar-refractivity contribution in [1.29, 1.82) is 0 Å². The topological polar surface area (TPSA) is 105 Å². The second-order valence-electron chi connectivity index (χ2n) is 9.94. The number of aliphatic carboxylic acids is 1. The van der Waals surface area contributed by atoms with Gasteiger partial charge in [0.05, 0.1) is 12.0 Å². The zero-order valence-corrected chi connectivity index (χ0v) is 19.8. The van der Waals surface area contributed by atoms with Crippen LogP contribution in [0.5, 0.6) is 0 Å². The van der Waals surface area contributed by atoms with Gasteiger partial charge in [-0.2, -0.15) is 0 Å². The lowest BCUT2D eigenvalue weighted by molar-refractivity contribution is -0.139. The van der Waals surface area contributed by atoms with Crippen LogP contribution in [0, 0.1) is 11.8 Å². The highest BCUT2D eigenvalue weighted by Gasteiger charge is 2.45. The number of fused-ring (bicyclic) bond motifs is 3. The van der Waals surface area contributed by atoms with Gasteiger partial charge in [-0.1, -0.05) is 62.4 Å². The zero-order valence-electron chi connectivity index (χ0n) is 19.8. The van der Waals surface area contributed by atoms with Crippen LogP contribution in [-0.4, -0.2) is 41.3 Å². The molecule has 2 aliphatic carbocycles. The fourth-order valence-electron chi connectivity index (χ4n) is 4.99. The van der Waals surface area contributed by atoms with Gasteiger partial charge in [0.15, 0.2) is 0 Å². The summed E-state index contributed by atoms with van der Waals surface area (Å²) in [6.45, 7) is 5.59. The molecular formula is C27H32N2O5. The number of benzene rings is 2. The molecule has 180 valence electrons.